The SMILES string of the molecule is Cc1ccc(OC(=O)N2CCC(C)(C)c3ccc(N4CCC(N5CCOCC5)CC4)cc3C2)cc1. The Kier molecular flexibility index (Phi) is 7.03. The molecule has 2 aromatic rings. The Morgan fingerprint density at radius 3 is 2.40 bits per heavy atom. The fraction of sp³-hybridized carbons (Fsp3) is 0.552. The van der Waals surface area contributed by atoms with Gasteiger partial charge in [-0.1, -0.05) is 37.6 Å². The number of piperidine rings is 1. The first kappa shape index (κ1) is 24.1. The number of morpholine rings is 1. The van der Waals surface area contributed by atoms with Crippen molar-refractivity contribution in [3.8, 4) is 5.75 Å². The van der Waals surface area contributed by atoms with Crippen LogP contribution in [0, 0.1) is 6.92 Å². The minimum atomic E-state index is -0.269. The summed E-state index contributed by atoms with van der Waals surface area (Å²) in [6.07, 6.45) is 3.02. The van der Waals surface area contributed by atoms with Gasteiger partial charge in [0.15, 0.2) is 0 Å². The maximum Gasteiger partial charge on any atom is 0.415 e. The highest BCUT2D eigenvalue weighted by Gasteiger charge is 2.32. The molecule has 35 heavy (non-hydrogen) atoms. The predicted octanol–water partition coefficient (Wildman–Crippen LogP) is 4.98. The number of hydrogen-bond acceptors (Lipinski definition) is 5. The predicted molar refractivity (Wildman–Crippen MR) is 139 cm³/mol. The Hall–Kier alpha value is -2.57. The molecule has 0 radical (unpaired) electrons. The number of nitrogens with zero attached hydrogens (tertiary/aromatic N) is 3. The van der Waals surface area contributed by atoms with Crippen LogP contribution in [0.25, 0.3) is 0 Å². The van der Waals surface area contributed by atoms with Gasteiger partial charge in [0.25, 0.3) is 0 Å². The van der Waals surface area contributed by atoms with E-state index in [1.807, 2.05) is 36.1 Å². The number of anilines is 1. The number of aryl methyl sites for hydroxylation is 1. The molecule has 3 aliphatic rings. The Balaban J connectivity index is 1.29. The molecule has 0 atom stereocenters. The van der Waals surface area contributed by atoms with Gasteiger partial charge in [-0.3, -0.25) is 4.90 Å². The Bertz CT molecular complexity index is 1020. The first-order chi connectivity index (χ1) is 16.9. The molecule has 0 aliphatic carbocycles. The van der Waals surface area contributed by atoms with E-state index >= 15 is 0 Å². The monoisotopic (exact) mass is 477 g/mol. The summed E-state index contributed by atoms with van der Waals surface area (Å²) in [6.45, 7) is 13.9. The topological polar surface area (TPSA) is 45.2 Å². The standard InChI is InChI=1S/C29H39N3O3/c1-22-4-7-26(8-5-22)35-28(33)32-15-12-29(2,3)27-9-6-25(20-23(27)21-32)30-13-10-24(11-14-30)31-16-18-34-19-17-31/h4-9,20,24H,10-19,21H2,1-3H3. The average Bonchev–Trinajstić information content (AvgIpc) is 3.01. The number of hydrogen-bond donors (Lipinski definition) is 0. The Morgan fingerprint density at radius 1 is 0.971 bits per heavy atom. The summed E-state index contributed by atoms with van der Waals surface area (Å²) in [5, 5.41) is 0. The zero-order valence-electron chi connectivity index (χ0n) is 21.5. The fourth-order valence-electron chi connectivity index (χ4n) is 5.76. The van der Waals surface area contributed by atoms with Crippen LogP contribution in [-0.2, 0) is 16.7 Å². The van der Waals surface area contributed by atoms with Gasteiger partial charge in [0, 0.05) is 51.0 Å². The number of ether oxygens (including phenoxy) is 2. The molecule has 2 aromatic carbocycles. The molecule has 2 fully saturated rings. The number of carbonyl (C=O) groups is 1. The van der Waals surface area contributed by atoms with Crippen LogP contribution >= 0.6 is 0 Å². The van der Waals surface area contributed by atoms with E-state index in [0.29, 0.717) is 24.9 Å². The lowest BCUT2D eigenvalue weighted by molar-refractivity contribution is 0.0115. The molecule has 2 saturated heterocycles. The summed E-state index contributed by atoms with van der Waals surface area (Å²) >= 11 is 0. The lowest BCUT2D eigenvalue weighted by Gasteiger charge is -2.41. The second kappa shape index (κ2) is 10.2. The van der Waals surface area contributed by atoms with Crippen LogP contribution in [0.2, 0.25) is 0 Å². The summed E-state index contributed by atoms with van der Waals surface area (Å²) in [5.41, 5.74) is 5.01. The third-order valence-electron chi connectivity index (χ3n) is 8.06. The van der Waals surface area contributed by atoms with Gasteiger partial charge in [0.1, 0.15) is 5.75 Å². The van der Waals surface area contributed by atoms with E-state index in [2.05, 4.69) is 41.8 Å². The number of rotatable bonds is 3. The van der Waals surface area contributed by atoms with Crippen molar-refractivity contribution < 1.29 is 14.3 Å². The number of fused-ring (bicyclic) bond motifs is 1. The van der Waals surface area contributed by atoms with E-state index in [0.717, 1.165) is 51.4 Å². The molecule has 0 spiro atoms. The third-order valence-corrected chi connectivity index (χ3v) is 8.06. The van der Waals surface area contributed by atoms with Crippen LogP contribution in [0.3, 0.4) is 0 Å². The summed E-state index contributed by atoms with van der Waals surface area (Å²) < 4.78 is 11.3. The molecule has 0 bridgehead atoms. The quantitative estimate of drug-likeness (QED) is 0.624. The molecule has 3 heterocycles. The van der Waals surface area contributed by atoms with Crippen molar-refractivity contribution >= 4 is 11.8 Å². The van der Waals surface area contributed by atoms with Crippen molar-refractivity contribution in [2.75, 3.05) is 50.8 Å². The largest absolute Gasteiger partial charge is 0.415 e. The van der Waals surface area contributed by atoms with Crippen LogP contribution in [0.5, 0.6) is 5.75 Å². The highest BCUT2D eigenvalue weighted by Crippen LogP contribution is 2.36. The maximum absolute atomic E-state index is 13.1. The van der Waals surface area contributed by atoms with Crippen molar-refractivity contribution in [2.45, 2.75) is 58.0 Å². The summed E-state index contributed by atoms with van der Waals surface area (Å²) in [5.74, 6) is 0.598. The minimum absolute atomic E-state index is 0.01000. The van der Waals surface area contributed by atoms with Crippen molar-refractivity contribution in [1.82, 2.24) is 9.80 Å². The number of carbonyl (C=O) groups excluding carboxylic acids is 1. The van der Waals surface area contributed by atoms with E-state index in [1.54, 1.807) is 0 Å². The maximum atomic E-state index is 13.1. The van der Waals surface area contributed by atoms with E-state index in [-0.39, 0.29) is 11.5 Å². The van der Waals surface area contributed by atoms with Crippen molar-refractivity contribution in [1.29, 1.82) is 0 Å². The van der Waals surface area contributed by atoms with Gasteiger partial charge < -0.3 is 19.3 Å². The van der Waals surface area contributed by atoms with Gasteiger partial charge in [0.2, 0.25) is 0 Å². The first-order valence-corrected chi connectivity index (χ1v) is 13.1. The van der Waals surface area contributed by atoms with E-state index in [9.17, 15) is 4.79 Å². The summed E-state index contributed by atoms with van der Waals surface area (Å²) in [4.78, 5) is 20.1. The molecule has 0 unspecified atom stereocenters. The second-order valence-corrected chi connectivity index (χ2v) is 10.9. The molecular formula is C29H39N3O3. The minimum Gasteiger partial charge on any atom is -0.410 e. The van der Waals surface area contributed by atoms with Gasteiger partial charge in [0.05, 0.1) is 13.2 Å². The van der Waals surface area contributed by atoms with E-state index in [4.69, 9.17) is 9.47 Å². The van der Waals surface area contributed by atoms with E-state index in [1.165, 1.54) is 29.7 Å². The molecule has 0 aromatic heterocycles. The van der Waals surface area contributed by atoms with E-state index < -0.39 is 0 Å². The molecule has 0 saturated carbocycles. The molecule has 5 rings (SSSR count). The van der Waals surface area contributed by atoms with Gasteiger partial charge in [-0.05, 0) is 67.0 Å². The first-order valence-electron chi connectivity index (χ1n) is 13.1. The van der Waals surface area contributed by atoms with Crippen LogP contribution in [0.15, 0.2) is 42.5 Å². The van der Waals surface area contributed by atoms with Gasteiger partial charge in [-0.25, -0.2) is 4.79 Å². The third kappa shape index (κ3) is 5.49. The number of amides is 1. The fourth-order valence-corrected chi connectivity index (χ4v) is 5.76. The van der Waals surface area contributed by atoms with Crippen LogP contribution in [0.4, 0.5) is 10.5 Å². The van der Waals surface area contributed by atoms with Crippen molar-refractivity contribution in [3.63, 3.8) is 0 Å². The lowest BCUT2D eigenvalue weighted by atomic mass is 9.80. The van der Waals surface area contributed by atoms with Crippen LogP contribution in [0.1, 0.15) is 49.8 Å². The van der Waals surface area contributed by atoms with Crippen LogP contribution < -0.4 is 9.64 Å². The van der Waals surface area contributed by atoms with Gasteiger partial charge in [-0.2, -0.15) is 0 Å². The lowest BCUT2D eigenvalue weighted by Crippen LogP contribution is -2.49. The molecule has 6 nitrogen and oxygen atoms in total. The normalized spacial score (nSPS) is 21.3. The molecule has 3 aliphatic heterocycles. The Labute approximate surface area is 209 Å². The molecular weight excluding hydrogens is 438 g/mol. The summed E-state index contributed by atoms with van der Waals surface area (Å²) in [6, 6.07) is 15.2. The average molecular weight is 478 g/mol. The highest BCUT2D eigenvalue weighted by atomic mass is 16.6. The van der Waals surface area contributed by atoms with Crippen molar-refractivity contribution in [3.05, 3.63) is 59.2 Å². The van der Waals surface area contributed by atoms with Crippen molar-refractivity contribution in [2.24, 2.45) is 0 Å². The zero-order chi connectivity index (χ0) is 24.4. The second-order valence-electron chi connectivity index (χ2n) is 10.9. The summed E-state index contributed by atoms with van der Waals surface area (Å²) in [7, 11) is 0. The molecule has 188 valence electrons. The molecule has 0 N–H and O–H groups in total. The van der Waals surface area contributed by atoms with Gasteiger partial charge >= 0.3 is 6.09 Å². The van der Waals surface area contributed by atoms with Gasteiger partial charge in [-0.15, -0.1) is 0 Å². The van der Waals surface area contributed by atoms with Crippen LogP contribution in [-0.4, -0.2) is 67.9 Å². The molecule has 1 amide bonds. The molecule has 6 heteroatoms. The Morgan fingerprint density at radius 2 is 1.69 bits per heavy atom. The zero-order valence-corrected chi connectivity index (χ0v) is 21.5. The number of benzene rings is 2. The smallest absolute Gasteiger partial charge is 0.410 e. The highest BCUT2D eigenvalue weighted by molar-refractivity contribution is 5.71.